The number of amides is 2. The van der Waals surface area contributed by atoms with Gasteiger partial charge in [-0.1, -0.05) is 12.1 Å². The molecule has 1 aromatic carbocycles. The minimum Gasteiger partial charge on any atom is -0.324 e. The SMILES string of the molecule is Cc1cccc(NC(=O)C2CSCN2C(=O)C(C)n2nc(C)cc2C)c1. The molecule has 2 unspecified atom stereocenters. The van der Waals surface area contributed by atoms with Crippen LogP contribution in [0.1, 0.15) is 29.9 Å². The fourth-order valence-corrected chi connectivity index (χ4v) is 4.37. The summed E-state index contributed by atoms with van der Waals surface area (Å²) >= 11 is 1.60. The lowest BCUT2D eigenvalue weighted by molar-refractivity contribution is -0.139. The fourth-order valence-electron chi connectivity index (χ4n) is 3.21. The molecule has 1 N–H and O–H groups in total. The van der Waals surface area contributed by atoms with E-state index in [9.17, 15) is 9.59 Å². The molecule has 0 spiro atoms. The number of nitrogens with zero attached hydrogens (tertiary/aromatic N) is 3. The van der Waals surface area contributed by atoms with Gasteiger partial charge >= 0.3 is 0 Å². The molecule has 7 heteroatoms. The number of thioether (sulfide) groups is 1. The van der Waals surface area contributed by atoms with E-state index in [0.717, 1.165) is 22.6 Å². The van der Waals surface area contributed by atoms with Crippen molar-refractivity contribution in [3.05, 3.63) is 47.3 Å². The average molecular weight is 372 g/mol. The topological polar surface area (TPSA) is 67.2 Å². The van der Waals surface area contributed by atoms with Crippen molar-refractivity contribution in [2.45, 2.75) is 39.8 Å². The van der Waals surface area contributed by atoms with Gasteiger partial charge < -0.3 is 10.2 Å². The van der Waals surface area contributed by atoms with Gasteiger partial charge in [0.2, 0.25) is 11.8 Å². The summed E-state index contributed by atoms with van der Waals surface area (Å²) in [6, 6.07) is 8.71. The van der Waals surface area contributed by atoms with E-state index in [0.29, 0.717) is 11.6 Å². The summed E-state index contributed by atoms with van der Waals surface area (Å²) in [5.41, 5.74) is 3.66. The summed E-state index contributed by atoms with van der Waals surface area (Å²) < 4.78 is 1.73. The molecule has 26 heavy (non-hydrogen) atoms. The third-order valence-corrected chi connectivity index (χ3v) is 5.53. The highest BCUT2D eigenvalue weighted by atomic mass is 32.2. The standard InChI is InChI=1S/C19H24N4O2S/c1-12-6-5-7-16(8-12)20-18(24)17-10-26-11-22(17)19(25)15(4)23-14(3)9-13(2)21-23/h5-9,15,17H,10-11H2,1-4H3,(H,20,24). The van der Waals surface area contributed by atoms with E-state index in [-0.39, 0.29) is 11.8 Å². The van der Waals surface area contributed by atoms with Gasteiger partial charge in [0.25, 0.3) is 0 Å². The summed E-state index contributed by atoms with van der Waals surface area (Å²) in [5.74, 6) is 0.904. The molecule has 6 nitrogen and oxygen atoms in total. The number of hydrogen-bond donors (Lipinski definition) is 1. The zero-order valence-electron chi connectivity index (χ0n) is 15.5. The Labute approximate surface area is 157 Å². The third kappa shape index (κ3) is 3.77. The number of benzene rings is 1. The van der Waals surface area contributed by atoms with E-state index in [1.165, 1.54) is 0 Å². The number of aryl methyl sites for hydroxylation is 3. The molecular formula is C19H24N4O2S. The molecule has 138 valence electrons. The Hall–Kier alpha value is -2.28. The van der Waals surface area contributed by atoms with E-state index in [4.69, 9.17) is 0 Å². The van der Waals surface area contributed by atoms with Crippen molar-refractivity contribution in [3.8, 4) is 0 Å². The Morgan fingerprint density at radius 1 is 1.27 bits per heavy atom. The normalized spacial score (nSPS) is 18.0. The number of aromatic nitrogens is 2. The highest BCUT2D eigenvalue weighted by molar-refractivity contribution is 7.99. The molecule has 3 rings (SSSR count). The summed E-state index contributed by atoms with van der Waals surface area (Å²) in [5, 5.41) is 7.35. The number of rotatable bonds is 4. The van der Waals surface area contributed by atoms with Gasteiger partial charge in [0.1, 0.15) is 12.1 Å². The van der Waals surface area contributed by atoms with E-state index in [1.807, 2.05) is 58.0 Å². The van der Waals surface area contributed by atoms with Crippen LogP contribution in [0.25, 0.3) is 0 Å². The summed E-state index contributed by atoms with van der Waals surface area (Å²) in [4.78, 5) is 27.4. The maximum atomic E-state index is 13.0. The molecular weight excluding hydrogens is 348 g/mol. The molecule has 1 fully saturated rings. The van der Waals surface area contributed by atoms with Crippen molar-refractivity contribution in [1.29, 1.82) is 0 Å². The number of carbonyl (C=O) groups excluding carboxylic acids is 2. The van der Waals surface area contributed by atoms with Crippen molar-refractivity contribution in [2.75, 3.05) is 16.9 Å². The van der Waals surface area contributed by atoms with E-state index < -0.39 is 12.1 Å². The lowest BCUT2D eigenvalue weighted by Crippen LogP contribution is -2.47. The Bertz CT molecular complexity index is 833. The molecule has 1 saturated heterocycles. The van der Waals surface area contributed by atoms with Gasteiger partial charge in [-0.05, 0) is 51.5 Å². The van der Waals surface area contributed by atoms with Crippen molar-refractivity contribution < 1.29 is 9.59 Å². The number of anilines is 1. The second-order valence-corrected chi connectivity index (χ2v) is 7.73. The maximum absolute atomic E-state index is 13.0. The first-order valence-corrected chi connectivity index (χ1v) is 9.81. The van der Waals surface area contributed by atoms with Crippen LogP contribution in [-0.2, 0) is 9.59 Å². The van der Waals surface area contributed by atoms with Crippen LogP contribution in [-0.4, -0.2) is 44.2 Å². The molecule has 2 aromatic rings. The average Bonchev–Trinajstić information content (AvgIpc) is 3.20. The van der Waals surface area contributed by atoms with Crippen LogP contribution >= 0.6 is 11.8 Å². The van der Waals surface area contributed by atoms with Crippen molar-refractivity contribution in [3.63, 3.8) is 0 Å². The van der Waals surface area contributed by atoms with Crippen LogP contribution in [0.4, 0.5) is 5.69 Å². The lowest BCUT2D eigenvalue weighted by atomic mass is 10.2. The van der Waals surface area contributed by atoms with E-state index in [2.05, 4.69) is 10.4 Å². The fraction of sp³-hybridized carbons (Fsp3) is 0.421. The first-order valence-electron chi connectivity index (χ1n) is 8.65. The molecule has 2 amide bonds. The van der Waals surface area contributed by atoms with Gasteiger partial charge in [-0.2, -0.15) is 5.10 Å². The van der Waals surface area contributed by atoms with Crippen LogP contribution in [0.2, 0.25) is 0 Å². The molecule has 0 bridgehead atoms. The highest BCUT2D eigenvalue weighted by Crippen LogP contribution is 2.26. The molecule has 2 heterocycles. The van der Waals surface area contributed by atoms with Gasteiger partial charge in [0.15, 0.2) is 0 Å². The summed E-state index contributed by atoms with van der Waals surface area (Å²) in [7, 11) is 0. The minimum absolute atomic E-state index is 0.0782. The lowest BCUT2D eigenvalue weighted by Gasteiger charge is -2.26. The van der Waals surface area contributed by atoms with Crippen LogP contribution < -0.4 is 5.32 Å². The summed E-state index contributed by atoms with van der Waals surface area (Å²) in [6.45, 7) is 7.65. The number of nitrogens with one attached hydrogen (secondary N) is 1. The minimum atomic E-state index is -0.465. The Morgan fingerprint density at radius 2 is 2.04 bits per heavy atom. The molecule has 0 aliphatic carbocycles. The Kier molecular flexibility index (Phi) is 5.36. The number of carbonyl (C=O) groups is 2. The largest absolute Gasteiger partial charge is 0.324 e. The summed E-state index contributed by atoms with van der Waals surface area (Å²) in [6.07, 6.45) is 0. The Balaban J connectivity index is 1.73. The third-order valence-electron chi connectivity index (χ3n) is 4.52. The van der Waals surface area contributed by atoms with Crippen LogP contribution in [0.3, 0.4) is 0 Å². The molecule has 1 aromatic heterocycles. The van der Waals surface area contributed by atoms with Gasteiger partial charge in [-0.15, -0.1) is 11.8 Å². The second-order valence-electron chi connectivity index (χ2n) is 6.73. The molecule has 0 saturated carbocycles. The van der Waals surface area contributed by atoms with Crippen molar-refractivity contribution in [1.82, 2.24) is 14.7 Å². The van der Waals surface area contributed by atoms with Gasteiger partial charge in [-0.3, -0.25) is 14.3 Å². The highest BCUT2D eigenvalue weighted by Gasteiger charge is 2.37. The van der Waals surface area contributed by atoms with Crippen molar-refractivity contribution >= 4 is 29.3 Å². The van der Waals surface area contributed by atoms with E-state index in [1.54, 1.807) is 21.3 Å². The van der Waals surface area contributed by atoms with Crippen LogP contribution in [0.15, 0.2) is 30.3 Å². The molecule has 1 aliphatic heterocycles. The first-order chi connectivity index (χ1) is 12.4. The smallest absolute Gasteiger partial charge is 0.248 e. The van der Waals surface area contributed by atoms with E-state index >= 15 is 0 Å². The first kappa shape index (κ1) is 18.5. The van der Waals surface area contributed by atoms with Gasteiger partial charge in [-0.25, -0.2) is 0 Å². The molecule has 2 atom stereocenters. The quantitative estimate of drug-likeness (QED) is 0.896. The zero-order valence-corrected chi connectivity index (χ0v) is 16.3. The molecule has 0 radical (unpaired) electrons. The van der Waals surface area contributed by atoms with Crippen molar-refractivity contribution in [2.24, 2.45) is 0 Å². The zero-order chi connectivity index (χ0) is 18.8. The predicted octanol–water partition coefficient (Wildman–Crippen LogP) is 2.91. The Morgan fingerprint density at radius 3 is 2.69 bits per heavy atom. The predicted molar refractivity (Wildman–Crippen MR) is 104 cm³/mol. The van der Waals surface area contributed by atoms with Gasteiger partial charge in [0, 0.05) is 17.1 Å². The second kappa shape index (κ2) is 7.53. The molecule has 1 aliphatic rings. The van der Waals surface area contributed by atoms with Gasteiger partial charge in [0.05, 0.1) is 11.6 Å². The number of hydrogen-bond acceptors (Lipinski definition) is 4. The van der Waals surface area contributed by atoms with Crippen LogP contribution in [0, 0.1) is 20.8 Å². The monoisotopic (exact) mass is 372 g/mol. The van der Waals surface area contributed by atoms with Crippen LogP contribution in [0.5, 0.6) is 0 Å². The maximum Gasteiger partial charge on any atom is 0.248 e.